The highest BCUT2D eigenvalue weighted by Crippen LogP contribution is 2.36. The number of fused-ring (bicyclic) bond motifs is 1. The molecule has 2 atom stereocenters. The molecule has 2 aromatic rings. The fourth-order valence-electron chi connectivity index (χ4n) is 1.56. The molecule has 2 rings (SSSR count). The highest BCUT2D eigenvalue weighted by atomic mass is 32.3. The van der Waals surface area contributed by atoms with Gasteiger partial charge in [-0.15, -0.1) is 11.3 Å². The van der Waals surface area contributed by atoms with Crippen molar-refractivity contribution < 1.29 is 25.9 Å². The van der Waals surface area contributed by atoms with Gasteiger partial charge in [0.2, 0.25) is 0 Å². The molecule has 1 aromatic heterocycles. The second-order valence-corrected chi connectivity index (χ2v) is 8.90. The summed E-state index contributed by atoms with van der Waals surface area (Å²) in [5.41, 5.74) is 0.456. The lowest BCUT2D eigenvalue weighted by molar-refractivity contribution is 0.455. The van der Waals surface area contributed by atoms with Gasteiger partial charge >= 0.3 is 0 Å². The van der Waals surface area contributed by atoms with E-state index in [1.54, 1.807) is 24.3 Å². The molecule has 0 saturated carbocycles. The molecule has 0 radical (unpaired) electrons. The number of benzene rings is 1. The molecule has 0 fully saturated rings. The van der Waals surface area contributed by atoms with Gasteiger partial charge in [0, 0.05) is 0 Å². The predicted molar refractivity (Wildman–Crippen MR) is 78.2 cm³/mol. The van der Waals surface area contributed by atoms with Crippen LogP contribution in [0.1, 0.15) is 10.3 Å². The Balaban J connectivity index is 2.63. The highest BCUT2D eigenvalue weighted by molar-refractivity contribution is 8.03. The molecular formula is C9H9NO6S4. The summed E-state index contributed by atoms with van der Waals surface area (Å²) in [4.78, 5) is 3.97. The van der Waals surface area contributed by atoms with Gasteiger partial charge in [-0.25, -0.2) is 4.98 Å². The summed E-state index contributed by atoms with van der Waals surface area (Å²) in [5, 5.41) is -2.12. The zero-order chi connectivity index (χ0) is 15.1. The van der Waals surface area contributed by atoms with Crippen LogP contribution in [-0.4, -0.2) is 35.5 Å². The van der Waals surface area contributed by atoms with Crippen LogP contribution in [-0.2, 0) is 20.2 Å². The smallest absolute Gasteiger partial charge is 0.278 e. The van der Waals surface area contributed by atoms with E-state index in [0.717, 1.165) is 11.3 Å². The first-order chi connectivity index (χ1) is 9.10. The molecule has 0 aliphatic rings. The number of hydrogen-bond acceptors (Lipinski definition) is 7. The third-order valence-corrected chi connectivity index (χ3v) is 7.20. The van der Waals surface area contributed by atoms with Gasteiger partial charge in [0.1, 0.15) is 5.01 Å². The summed E-state index contributed by atoms with van der Waals surface area (Å²) in [6.07, 6.45) is 0. The summed E-state index contributed by atoms with van der Waals surface area (Å²) >= 11 is 4.48. The molecule has 110 valence electrons. The first-order valence-electron chi connectivity index (χ1n) is 5.07. The van der Waals surface area contributed by atoms with Gasteiger partial charge in [-0.1, -0.05) is 12.1 Å². The molecule has 11 heteroatoms. The first kappa shape index (κ1) is 15.7. The van der Waals surface area contributed by atoms with E-state index in [1.165, 1.54) is 0 Å². The molecule has 7 nitrogen and oxygen atoms in total. The van der Waals surface area contributed by atoms with Crippen LogP contribution in [0.15, 0.2) is 24.3 Å². The van der Waals surface area contributed by atoms with Gasteiger partial charge < -0.3 is 0 Å². The van der Waals surface area contributed by atoms with Crippen LogP contribution in [0.4, 0.5) is 0 Å². The lowest BCUT2D eigenvalue weighted by Gasteiger charge is -2.15. The summed E-state index contributed by atoms with van der Waals surface area (Å²) in [6.45, 7) is 0. The molecule has 1 heterocycles. The Morgan fingerprint density at radius 1 is 1.10 bits per heavy atom. The Hall–Kier alpha value is -0.720. The molecule has 20 heavy (non-hydrogen) atoms. The van der Waals surface area contributed by atoms with E-state index in [1.807, 2.05) is 0 Å². The summed E-state index contributed by atoms with van der Waals surface area (Å²) in [5.74, 6) is 0. The van der Waals surface area contributed by atoms with Crippen LogP contribution in [0.2, 0.25) is 0 Å². The topological polar surface area (TPSA) is 122 Å². The first-order valence-corrected chi connectivity index (χ1v) is 9.41. The maximum absolute atomic E-state index is 11.4. The van der Waals surface area contributed by atoms with E-state index in [4.69, 9.17) is 4.55 Å². The number of para-hydroxylation sites is 1. The minimum Gasteiger partial charge on any atom is -0.285 e. The van der Waals surface area contributed by atoms with Crippen LogP contribution >= 0.6 is 24.0 Å². The Labute approximate surface area is 124 Å². The number of rotatable bonds is 4. The van der Waals surface area contributed by atoms with E-state index in [-0.39, 0.29) is 5.01 Å². The van der Waals surface area contributed by atoms with Crippen LogP contribution < -0.4 is 0 Å². The summed E-state index contributed by atoms with van der Waals surface area (Å²) in [7, 11) is -9.59. The number of hydrogen-bond donors (Lipinski definition) is 3. The van der Waals surface area contributed by atoms with Gasteiger partial charge in [0.05, 0.1) is 10.2 Å². The van der Waals surface area contributed by atoms with E-state index < -0.39 is 30.1 Å². The van der Waals surface area contributed by atoms with Crippen LogP contribution in [0.3, 0.4) is 0 Å². The molecular weight excluding hydrogens is 346 g/mol. The maximum atomic E-state index is 11.4. The van der Waals surface area contributed by atoms with Gasteiger partial charge in [0.15, 0.2) is 9.83 Å². The van der Waals surface area contributed by atoms with Crippen molar-refractivity contribution in [1.29, 1.82) is 0 Å². The molecule has 2 unspecified atom stereocenters. The van der Waals surface area contributed by atoms with Gasteiger partial charge in [0.25, 0.3) is 20.2 Å². The van der Waals surface area contributed by atoms with Crippen LogP contribution in [0.5, 0.6) is 0 Å². The van der Waals surface area contributed by atoms with E-state index >= 15 is 0 Å². The lowest BCUT2D eigenvalue weighted by Crippen LogP contribution is -2.28. The van der Waals surface area contributed by atoms with Gasteiger partial charge in [-0.3, -0.25) is 9.11 Å². The number of thiol groups is 1. The molecule has 0 spiro atoms. The lowest BCUT2D eigenvalue weighted by atomic mass is 10.3. The number of aromatic nitrogens is 1. The van der Waals surface area contributed by atoms with Crippen molar-refractivity contribution in [3.05, 3.63) is 29.3 Å². The molecule has 0 amide bonds. The standard InChI is InChI=1S/C9H9NO6S4/c11-19(12,13)7(9(17)20(14,15)16)8-10-5-3-1-2-4-6(5)18-8/h1-4,7,9,17H,(H,11,12,13)(H,14,15,16). The molecule has 0 saturated heterocycles. The monoisotopic (exact) mass is 355 g/mol. The SMILES string of the molecule is O=S(=O)(O)C(S)C(c1nc2ccccc2s1)S(=O)(=O)O. The van der Waals surface area contributed by atoms with E-state index in [2.05, 4.69) is 17.6 Å². The van der Waals surface area contributed by atoms with Gasteiger partial charge in [-0.2, -0.15) is 29.5 Å². The van der Waals surface area contributed by atoms with Crippen molar-refractivity contribution in [3.63, 3.8) is 0 Å². The fourth-order valence-corrected chi connectivity index (χ4v) is 5.74. The number of thiazole rings is 1. The molecule has 1 aromatic carbocycles. The second-order valence-electron chi connectivity index (χ2n) is 3.86. The number of nitrogens with zero attached hydrogens (tertiary/aromatic N) is 1. The molecule has 0 bridgehead atoms. The van der Waals surface area contributed by atoms with Crippen molar-refractivity contribution in [2.45, 2.75) is 9.83 Å². The zero-order valence-electron chi connectivity index (χ0n) is 9.61. The van der Waals surface area contributed by atoms with Gasteiger partial charge in [-0.05, 0) is 12.1 Å². The average molecular weight is 355 g/mol. The second kappa shape index (κ2) is 5.24. The maximum Gasteiger partial charge on any atom is 0.278 e. The third-order valence-electron chi connectivity index (χ3n) is 2.44. The molecule has 0 aliphatic heterocycles. The molecule has 0 aliphatic carbocycles. The predicted octanol–water partition coefficient (Wildman–Crippen LogP) is 1.37. The van der Waals surface area contributed by atoms with Crippen molar-refractivity contribution >= 4 is 54.4 Å². The summed E-state index contributed by atoms with van der Waals surface area (Å²) in [6, 6.07) is 6.65. The van der Waals surface area contributed by atoms with Crippen LogP contribution in [0.25, 0.3) is 10.2 Å². The van der Waals surface area contributed by atoms with Crippen molar-refractivity contribution in [1.82, 2.24) is 4.98 Å². The normalized spacial score (nSPS) is 16.1. The third kappa shape index (κ3) is 3.13. The quantitative estimate of drug-likeness (QED) is 0.559. The minimum atomic E-state index is -4.82. The zero-order valence-corrected chi connectivity index (χ0v) is 13.0. The Bertz CT molecular complexity index is 807. The van der Waals surface area contributed by atoms with E-state index in [9.17, 15) is 21.4 Å². The molecule has 2 N–H and O–H groups in total. The fraction of sp³-hybridized carbons (Fsp3) is 0.222. The summed E-state index contributed by atoms with van der Waals surface area (Å²) < 4.78 is 61.7. The Kier molecular flexibility index (Phi) is 4.10. The van der Waals surface area contributed by atoms with Crippen LogP contribution in [0, 0.1) is 0 Å². The van der Waals surface area contributed by atoms with E-state index in [0.29, 0.717) is 10.2 Å². The highest BCUT2D eigenvalue weighted by Gasteiger charge is 2.41. The Morgan fingerprint density at radius 2 is 1.70 bits per heavy atom. The largest absolute Gasteiger partial charge is 0.285 e. The van der Waals surface area contributed by atoms with Crippen molar-refractivity contribution in [2.24, 2.45) is 0 Å². The van der Waals surface area contributed by atoms with Crippen molar-refractivity contribution in [2.75, 3.05) is 0 Å². The minimum absolute atomic E-state index is 0.161. The average Bonchev–Trinajstić information content (AvgIpc) is 2.68. The van der Waals surface area contributed by atoms with Crippen molar-refractivity contribution in [3.8, 4) is 0 Å². The Morgan fingerprint density at radius 3 is 2.20 bits per heavy atom.